The van der Waals surface area contributed by atoms with Crippen LogP contribution >= 0.6 is 0 Å². The zero-order valence-electron chi connectivity index (χ0n) is 11.9. The Hall–Kier alpha value is -2.15. The summed E-state index contributed by atoms with van der Waals surface area (Å²) in [6.45, 7) is 4.98. The topological polar surface area (TPSA) is 85.1 Å². The molecule has 0 aliphatic rings. The molecule has 2 aromatic rings. The summed E-state index contributed by atoms with van der Waals surface area (Å²) < 4.78 is 40.6. The molecule has 2 rings (SSSR count). The minimum absolute atomic E-state index is 0.0918. The Morgan fingerprint density at radius 3 is 2.43 bits per heavy atom. The number of sulfonamides is 1. The summed E-state index contributed by atoms with van der Waals surface area (Å²) in [5.41, 5.74) is 7.60. The van der Waals surface area contributed by atoms with Crippen molar-refractivity contribution in [3.63, 3.8) is 0 Å². The standard InChI is InChI=1S/C14H16FN3O2S/c1-8-4-5-14(10(3)17-8)18-21(19,20)11-6-12(15)9(2)13(16)7-11/h4-7,18H,16H2,1-3H3. The summed E-state index contributed by atoms with van der Waals surface area (Å²) in [6.07, 6.45) is 0. The van der Waals surface area contributed by atoms with E-state index in [1.54, 1.807) is 26.0 Å². The first-order valence-electron chi connectivity index (χ1n) is 6.23. The van der Waals surface area contributed by atoms with Gasteiger partial charge in [-0.05, 0) is 45.0 Å². The van der Waals surface area contributed by atoms with Gasteiger partial charge in [0.15, 0.2) is 0 Å². The number of hydrogen-bond acceptors (Lipinski definition) is 4. The van der Waals surface area contributed by atoms with Gasteiger partial charge in [-0.1, -0.05) is 0 Å². The van der Waals surface area contributed by atoms with E-state index in [-0.39, 0.29) is 16.1 Å². The predicted molar refractivity (Wildman–Crippen MR) is 80.1 cm³/mol. The minimum atomic E-state index is -3.92. The number of nitrogens with zero attached hydrogens (tertiary/aromatic N) is 1. The van der Waals surface area contributed by atoms with Gasteiger partial charge in [0.05, 0.1) is 16.3 Å². The van der Waals surface area contributed by atoms with E-state index in [9.17, 15) is 12.8 Å². The Kier molecular flexibility index (Phi) is 3.87. The molecule has 5 nitrogen and oxygen atoms in total. The molecule has 0 saturated heterocycles. The van der Waals surface area contributed by atoms with Gasteiger partial charge in [-0.15, -0.1) is 0 Å². The highest BCUT2D eigenvalue weighted by molar-refractivity contribution is 7.92. The van der Waals surface area contributed by atoms with E-state index in [2.05, 4.69) is 9.71 Å². The minimum Gasteiger partial charge on any atom is -0.398 e. The molecule has 7 heteroatoms. The monoisotopic (exact) mass is 309 g/mol. The fraction of sp³-hybridized carbons (Fsp3) is 0.214. The van der Waals surface area contributed by atoms with E-state index in [4.69, 9.17) is 5.73 Å². The van der Waals surface area contributed by atoms with Crippen LogP contribution in [0.5, 0.6) is 0 Å². The van der Waals surface area contributed by atoms with Crippen LogP contribution in [0.1, 0.15) is 17.0 Å². The van der Waals surface area contributed by atoms with E-state index < -0.39 is 15.8 Å². The molecule has 0 aliphatic carbocycles. The summed E-state index contributed by atoms with van der Waals surface area (Å²) in [6, 6.07) is 5.49. The van der Waals surface area contributed by atoms with Gasteiger partial charge in [0.1, 0.15) is 5.82 Å². The summed E-state index contributed by atoms with van der Waals surface area (Å²) >= 11 is 0. The van der Waals surface area contributed by atoms with Crippen LogP contribution < -0.4 is 10.5 Å². The zero-order chi connectivity index (χ0) is 15.8. The lowest BCUT2D eigenvalue weighted by Crippen LogP contribution is -2.15. The third-order valence-electron chi connectivity index (χ3n) is 3.14. The molecule has 1 heterocycles. The SMILES string of the molecule is Cc1ccc(NS(=O)(=O)c2cc(N)c(C)c(F)c2)c(C)n1. The maximum Gasteiger partial charge on any atom is 0.262 e. The number of nitrogens with two attached hydrogens (primary N) is 1. The normalized spacial score (nSPS) is 11.4. The van der Waals surface area contributed by atoms with Gasteiger partial charge >= 0.3 is 0 Å². The fourth-order valence-electron chi connectivity index (χ4n) is 1.83. The summed E-state index contributed by atoms with van der Waals surface area (Å²) in [7, 11) is -3.92. The van der Waals surface area contributed by atoms with Crippen LogP contribution in [-0.4, -0.2) is 13.4 Å². The molecule has 112 valence electrons. The molecule has 0 radical (unpaired) electrons. The van der Waals surface area contributed by atoms with Crippen LogP contribution in [0.4, 0.5) is 15.8 Å². The lowest BCUT2D eigenvalue weighted by Gasteiger charge is -2.12. The van der Waals surface area contributed by atoms with E-state index in [0.717, 1.165) is 11.8 Å². The Balaban J connectivity index is 2.43. The van der Waals surface area contributed by atoms with Crippen LogP contribution in [-0.2, 0) is 10.0 Å². The van der Waals surface area contributed by atoms with Crippen molar-refractivity contribution in [2.45, 2.75) is 25.7 Å². The number of rotatable bonds is 3. The van der Waals surface area contributed by atoms with Gasteiger partial charge in [0.2, 0.25) is 0 Å². The average molecular weight is 309 g/mol. The molecule has 21 heavy (non-hydrogen) atoms. The zero-order valence-corrected chi connectivity index (χ0v) is 12.8. The molecule has 0 spiro atoms. The predicted octanol–water partition coefficient (Wildman–Crippen LogP) is 2.53. The van der Waals surface area contributed by atoms with Crippen molar-refractivity contribution in [2.24, 2.45) is 0 Å². The molecular weight excluding hydrogens is 293 g/mol. The molecule has 0 fully saturated rings. The van der Waals surface area contributed by atoms with Gasteiger partial charge in [0, 0.05) is 16.9 Å². The number of hydrogen-bond donors (Lipinski definition) is 2. The summed E-state index contributed by atoms with van der Waals surface area (Å²) in [4.78, 5) is 3.96. The maximum atomic E-state index is 13.7. The molecule has 0 atom stereocenters. The van der Waals surface area contributed by atoms with Crippen LogP contribution in [0.25, 0.3) is 0 Å². The summed E-state index contributed by atoms with van der Waals surface area (Å²) in [5.74, 6) is -0.658. The van der Waals surface area contributed by atoms with Crippen LogP contribution in [0, 0.1) is 26.6 Å². The van der Waals surface area contributed by atoms with Crippen LogP contribution in [0.3, 0.4) is 0 Å². The number of anilines is 2. The molecule has 0 bridgehead atoms. The first-order valence-corrected chi connectivity index (χ1v) is 7.71. The smallest absolute Gasteiger partial charge is 0.262 e. The number of nitrogens with one attached hydrogen (secondary N) is 1. The largest absolute Gasteiger partial charge is 0.398 e. The molecule has 0 saturated carbocycles. The average Bonchev–Trinajstić information content (AvgIpc) is 2.38. The third kappa shape index (κ3) is 3.13. The lowest BCUT2D eigenvalue weighted by molar-refractivity contribution is 0.593. The highest BCUT2D eigenvalue weighted by Gasteiger charge is 2.18. The summed E-state index contributed by atoms with van der Waals surface area (Å²) in [5, 5.41) is 0. The number of aromatic nitrogens is 1. The molecule has 1 aromatic carbocycles. The second-order valence-corrected chi connectivity index (χ2v) is 6.49. The first-order chi connectivity index (χ1) is 9.70. The molecular formula is C14H16FN3O2S. The van der Waals surface area contributed by atoms with E-state index in [1.165, 1.54) is 13.0 Å². The van der Waals surface area contributed by atoms with Gasteiger partial charge < -0.3 is 5.73 Å². The van der Waals surface area contributed by atoms with Crippen LogP contribution in [0.2, 0.25) is 0 Å². The first kappa shape index (κ1) is 15.2. The highest BCUT2D eigenvalue weighted by Crippen LogP contribution is 2.24. The molecule has 0 unspecified atom stereocenters. The van der Waals surface area contributed by atoms with Crippen molar-refractivity contribution in [3.8, 4) is 0 Å². The Bertz CT molecular complexity index is 781. The van der Waals surface area contributed by atoms with Crippen molar-refractivity contribution in [2.75, 3.05) is 10.5 Å². The third-order valence-corrected chi connectivity index (χ3v) is 4.48. The fourth-order valence-corrected chi connectivity index (χ4v) is 2.99. The van der Waals surface area contributed by atoms with Crippen molar-refractivity contribution >= 4 is 21.4 Å². The van der Waals surface area contributed by atoms with Crippen LogP contribution in [0.15, 0.2) is 29.2 Å². The number of nitrogen functional groups attached to an aromatic ring is 1. The highest BCUT2D eigenvalue weighted by atomic mass is 32.2. The van der Waals surface area contributed by atoms with Gasteiger partial charge in [-0.3, -0.25) is 9.71 Å². The van der Waals surface area contributed by atoms with Gasteiger partial charge in [0.25, 0.3) is 10.0 Å². The second-order valence-electron chi connectivity index (χ2n) is 4.81. The van der Waals surface area contributed by atoms with Crippen molar-refractivity contribution in [3.05, 3.63) is 47.0 Å². The van der Waals surface area contributed by atoms with E-state index in [1.807, 2.05) is 0 Å². The Morgan fingerprint density at radius 2 is 1.86 bits per heavy atom. The van der Waals surface area contributed by atoms with E-state index in [0.29, 0.717) is 11.4 Å². The molecule has 1 aromatic heterocycles. The Labute approximate surface area is 123 Å². The van der Waals surface area contributed by atoms with Crippen molar-refractivity contribution in [1.82, 2.24) is 4.98 Å². The van der Waals surface area contributed by atoms with Crippen molar-refractivity contribution < 1.29 is 12.8 Å². The number of halogens is 1. The van der Waals surface area contributed by atoms with Gasteiger partial charge in [-0.25, -0.2) is 12.8 Å². The second kappa shape index (κ2) is 5.33. The number of benzene rings is 1. The molecule has 0 aliphatic heterocycles. The molecule has 0 amide bonds. The molecule has 3 N–H and O–H groups in total. The number of aryl methyl sites for hydroxylation is 2. The Morgan fingerprint density at radius 1 is 1.19 bits per heavy atom. The number of pyridine rings is 1. The van der Waals surface area contributed by atoms with E-state index >= 15 is 0 Å². The quantitative estimate of drug-likeness (QED) is 0.853. The maximum absolute atomic E-state index is 13.7. The van der Waals surface area contributed by atoms with Gasteiger partial charge in [-0.2, -0.15) is 0 Å². The lowest BCUT2D eigenvalue weighted by atomic mass is 10.2. The van der Waals surface area contributed by atoms with Crippen molar-refractivity contribution in [1.29, 1.82) is 0 Å².